The van der Waals surface area contributed by atoms with Crippen molar-refractivity contribution in [2.75, 3.05) is 13.1 Å². The number of aliphatic hydroxyl groups excluding tert-OH is 1. The van der Waals surface area contributed by atoms with Crippen LogP contribution >= 0.6 is 11.6 Å². The molecular weight excluding hydrogens is 308 g/mol. The first-order valence-corrected chi connectivity index (χ1v) is 8.47. The van der Waals surface area contributed by atoms with Gasteiger partial charge in [0.25, 0.3) is 0 Å². The largest absolute Gasteiger partial charge is 0.388 e. The predicted molar refractivity (Wildman–Crippen MR) is 92.5 cm³/mol. The van der Waals surface area contributed by atoms with Crippen LogP contribution in [0.2, 0.25) is 5.02 Å². The molecule has 2 aliphatic rings. The van der Waals surface area contributed by atoms with Gasteiger partial charge < -0.3 is 10.4 Å². The number of hydrogen-bond acceptors (Lipinski definition) is 3. The third-order valence-electron chi connectivity index (χ3n) is 4.75. The smallest absolute Gasteiger partial charge is 0.0851 e. The van der Waals surface area contributed by atoms with Gasteiger partial charge in [-0.25, -0.2) is 0 Å². The predicted octanol–water partition coefficient (Wildman–Crippen LogP) is 3.51. The van der Waals surface area contributed by atoms with E-state index in [0.717, 1.165) is 42.8 Å². The molecule has 0 saturated carbocycles. The van der Waals surface area contributed by atoms with Crippen LogP contribution in [-0.2, 0) is 6.42 Å². The number of benzene rings is 1. The van der Waals surface area contributed by atoms with Gasteiger partial charge in [0.2, 0.25) is 0 Å². The second kappa shape index (κ2) is 6.08. The summed E-state index contributed by atoms with van der Waals surface area (Å²) in [6.45, 7) is 1.99. The number of aliphatic hydroxyl groups is 1. The Morgan fingerprint density at radius 2 is 2.00 bits per heavy atom. The fourth-order valence-corrected chi connectivity index (χ4v) is 3.85. The molecule has 1 aliphatic carbocycles. The standard InChI is InChI=1S/C19H19ClN2O/c20-14-3-4-15-13(10-14)11-17(23)16-2-1-7-22-19(16)18(15)12-5-8-21-9-6-12/h1-4,7,10,17,21,23H,5-6,8-9,11H2. The molecule has 4 rings (SSSR count). The summed E-state index contributed by atoms with van der Waals surface area (Å²) >= 11 is 6.20. The number of aromatic nitrogens is 1. The average molecular weight is 327 g/mol. The van der Waals surface area contributed by atoms with Crippen LogP contribution < -0.4 is 5.32 Å². The van der Waals surface area contributed by atoms with Gasteiger partial charge >= 0.3 is 0 Å². The molecule has 1 atom stereocenters. The first kappa shape index (κ1) is 14.9. The average Bonchev–Trinajstić information content (AvgIpc) is 2.70. The van der Waals surface area contributed by atoms with Gasteiger partial charge in [0.15, 0.2) is 0 Å². The lowest BCUT2D eigenvalue weighted by molar-refractivity contribution is 0.178. The first-order valence-electron chi connectivity index (χ1n) is 8.09. The number of piperidine rings is 1. The Morgan fingerprint density at radius 1 is 1.17 bits per heavy atom. The molecule has 1 aromatic heterocycles. The minimum Gasteiger partial charge on any atom is -0.388 e. The Labute approximate surface area is 141 Å². The van der Waals surface area contributed by atoms with Crippen molar-refractivity contribution in [3.63, 3.8) is 0 Å². The molecule has 118 valence electrons. The summed E-state index contributed by atoms with van der Waals surface area (Å²) in [6.07, 6.45) is 3.88. The summed E-state index contributed by atoms with van der Waals surface area (Å²) in [7, 11) is 0. The van der Waals surface area contributed by atoms with Crippen molar-refractivity contribution < 1.29 is 5.11 Å². The lowest BCUT2D eigenvalue weighted by Crippen LogP contribution is -2.24. The maximum atomic E-state index is 10.7. The monoisotopic (exact) mass is 326 g/mol. The van der Waals surface area contributed by atoms with E-state index in [1.54, 1.807) is 0 Å². The summed E-state index contributed by atoms with van der Waals surface area (Å²) in [4.78, 5) is 4.64. The summed E-state index contributed by atoms with van der Waals surface area (Å²) in [5, 5.41) is 14.8. The summed E-state index contributed by atoms with van der Waals surface area (Å²) < 4.78 is 0. The molecule has 1 fully saturated rings. The zero-order valence-electron chi connectivity index (χ0n) is 12.8. The second-order valence-electron chi connectivity index (χ2n) is 6.19. The van der Waals surface area contributed by atoms with E-state index in [4.69, 9.17) is 11.6 Å². The van der Waals surface area contributed by atoms with Gasteiger partial charge in [-0.05, 0) is 55.3 Å². The van der Waals surface area contributed by atoms with E-state index in [0.29, 0.717) is 11.4 Å². The molecule has 1 saturated heterocycles. The minimum atomic E-state index is -0.546. The number of pyridine rings is 1. The van der Waals surface area contributed by atoms with Crippen molar-refractivity contribution >= 4 is 17.2 Å². The Morgan fingerprint density at radius 3 is 2.83 bits per heavy atom. The number of nitrogens with zero attached hydrogens (tertiary/aromatic N) is 1. The number of rotatable bonds is 0. The molecule has 1 unspecified atom stereocenters. The Kier molecular flexibility index (Phi) is 3.93. The van der Waals surface area contributed by atoms with Gasteiger partial charge in [-0.1, -0.05) is 29.3 Å². The molecule has 2 aromatic rings. The fourth-order valence-electron chi connectivity index (χ4n) is 3.65. The molecule has 0 amide bonds. The molecule has 3 nitrogen and oxygen atoms in total. The third kappa shape index (κ3) is 2.69. The van der Waals surface area contributed by atoms with Crippen molar-refractivity contribution in [3.8, 4) is 0 Å². The SMILES string of the molecule is OC1Cc2cc(Cl)ccc2C(=C2CCNCC2)c2ncccc21. The number of nitrogens with one attached hydrogen (secondary N) is 1. The van der Waals surface area contributed by atoms with Gasteiger partial charge in [-0.15, -0.1) is 0 Å². The Hall–Kier alpha value is -1.68. The van der Waals surface area contributed by atoms with Crippen LogP contribution in [0.3, 0.4) is 0 Å². The highest BCUT2D eigenvalue weighted by molar-refractivity contribution is 6.30. The molecule has 0 bridgehead atoms. The third-order valence-corrected chi connectivity index (χ3v) is 4.98. The first-order chi connectivity index (χ1) is 11.2. The lowest BCUT2D eigenvalue weighted by Gasteiger charge is -2.21. The van der Waals surface area contributed by atoms with E-state index in [1.807, 2.05) is 30.5 Å². The van der Waals surface area contributed by atoms with Crippen molar-refractivity contribution in [2.24, 2.45) is 0 Å². The molecule has 0 radical (unpaired) electrons. The molecular formula is C19H19ClN2O. The zero-order chi connectivity index (χ0) is 15.8. The highest BCUT2D eigenvalue weighted by Gasteiger charge is 2.27. The van der Waals surface area contributed by atoms with E-state index < -0.39 is 6.10 Å². The normalized spacial score (nSPS) is 20.7. The molecule has 2 heterocycles. The fraction of sp³-hybridized carbons (Fsp3) is 0.316. The van der Waals surface area contributed by atoms with Crippen molar-refractivity contribution in [1.29, 1.82) is 0 Å². The Bertz CT molecular complexity index is 777. The number of fused-ring (bicyclic) bond motifs is 2. The highest BCUT2D eigenvalue weighted by Crippen LogP contribution is 2.40. The van der Waals surface area contributed by atoms with Crippen LogP contribution in [0, 0.1) is 0 Å². The lowest BCUT2D eigenvalue weighted by atomic mass is 9.89. The van der Waals surface area contributed by atoms with Crippen LogP contribution in [-0.4, -0.2) is 23.2 Å². The maximum Gasteiger partial charge on any atom is 0.0851 e. The van der Waals surface area contributed by atoms with Gasteiger partial charge in [0.1, 0.15) is 0 Å². The van der Waals surface area contributed by atoms with Crippen LogP contribution in [0.5, 0.6) is 0 Å². The van der Waals surface area contributed by atoms with E-state index in [9.17, 15) is 5.11 Å². The van der Waals surface area contributed by atoms with Crippen LogP contribution in [0.25, 0.3) is 5.57 Å². The molecule has 1 aromatic carbocycles. The number of halogens is 1. The minimum absolute atomic E-state index is 0.546. The van der Waals surface area contributed by atoms with Crippen molar-refractivity contribution in [3.05, 3.63) is 69.5 Å². The van der Waals surface area contributed by atoms with Crippen LogP contribution in [0.1, 0.15) is 41.3 Å². The van der Waals surface area contributed by atoms with E-state index in [-0.39, 0.29) is 0 Å². The summed E-state index contributed by atoms with van der Waals surface area (Å²) in [6, 6.07) is 9.88. The number of hydrogen-bond donors (Lipinski definition) is 2. The van der Waals surface area contributed by atoms with Crippen LogP contribution in [0.15, 0.2) is 42.1 Å². The second-order valence-corrected chi connectivity index (χ2v) is 6.63. The molecule has 23 heavy (non-hydrogen) atoms. The quantitative estimate of drug-likeness (QED) is 0.778. The van der Waals surface area contributed by atoms with E-state index in [2.05, 4.69) is 16.4 Å². The van der Waals surface area contributed by atoms with Gasteiger partial charge in [0.05, 0.1) is 11.8 Å². The maximum absolute atomic E-state index is 10.7. The molecule has 1 aliphatic heterocycles. The Balaban J connectivity index is 2.01. The molecule has 2 N–H and O–H groups in total. The molecule has 0 spiro atoms. The summed E-state index contributed by atoms with van der Waals surface area (Å²) in [5.41, 5.74) is 6.73. The zero-order valence-corrected chi connectivity index (χ0v) is 13.6. The van der Waals surface area contributed by atoms with Crippen molar-refractivity contribution in [1.82, 2.24) is 10.3 Å². The topological polar surface area (TPSA) is 45.1 Å². The van der Waals surface area contributed by atoms with Gasteiger partial charge in [0, 0.05) is 28.8 Å². The van der Waals surface area contributed by atoms with Gasteiger partial charge in [-0.2, -0.15) is 0 Å². The van der Waals surface area contributed by atoms with E-state index in [1.165, 1.54) is 16.7 Å². The summed E-state index contributed by atoms with van der Waals surface area (Å²) in [5.74, 6) is 0. The van der Waals surface area contributed by atoms with Crippen molar-refractivity contribution in [2.45, 2.75) is 25.4 Å². The molecule has 4 heteroatoms. The van der Waals surface area contributed by atoms with Gasteiger partial charge in [-0.3, -0.25) is 4.98 Å². The highest BCUT2D eigenvalue weighted by atomic mass is 35.5. The van der Waals surface area contributed by atoms with Crippen LogP contribution in [0.4, 0.5) is 0 Å². The van der Waals surface area contributed by atoms with E-state index >= 15 is 0 Å².